The van der Waals surface area contributed by atoms with Gasteiger partial charge in [-0.15, -0.1) is 0 Å². The largest absolute Gasteiger partial charge is 0.496 e. The molecule has 2 aliphatic rings. The van der Waals surface area contributed by atoms with Gasteiger partial charge in [0, 0.05) is 18.5 Å². The van der Waals surface area contributed by atoms with Crippen LogP contribution in [0.1, 0.15) is 24.8 Å². The second kappa shape index (κ2) is 6.14. The number of nitrogens with one attached hydrogen (secondary N) is 1. The lowest BCUT2D eigenvalue weighted by atomic mass is 9.78. The van der Waals surface area contributed by atoms with E-state index in [9.17, 15) is 0 Å². The van der Waals surface area contributed by atoms with E-state index in [-0.39, 0.29) is 0 Å². The van der Waals surface area contributed by atoms with E-state index >= 15 is 0 Å². The summed E-state index contributed by atoms with van der Waals surface area (Å²) in [5, 5.41) is 6.06. The van der Waals surface area contributed by atoms with Crippen LogP contribution in [-0.2, 0) is 6.54 Å². The summed E-state index contributed by atoms with van der Waals surface area (Å²) < 4.78 is 5.52. The summed E-state index contributed by atoms with van der Waals surface area (Å²) >= 11 is 0. The van der Waals surface area contributed by atoms with Crippen molar-refractivity contribution in [1.29, 1.82) is 0 Å². The Morgan fingerprint density at radius 1 is 1.04 bits per heavy atom. The van der Waals surface area contributed by atoms with E-state index in [0.717, 1.165) is 12.3 Å². The van der Waals surface area contributed by atoms with Crippen LogP contribution in [0.3, 0.4) is 0 Å². The Morgan fingerprint density at radius 2 is 1.83 bits per heavy atom. The van der Waals surface area contributed by atoms with Gasteiger partial charge in [-0.1, -0.05) is 30.3 Å². The van der Waals surface area contributed by atoms with Crippen molar-refractivity contribution < 1.29 is 4.74 Å². The molecule has 4 rings (SSSR count). The molecule has 1 spiro atoms. The van der Waals surface area contributed by atoms with E-state index in [1.807, 2.05) is 0 Å². The number of hydrogen-bond donors (Lipinski definition) is 1. The highest BCUT2D eigenvalue weighted by Gasteiger charge is 2.38. The fraction of sp³-hybridized carbons (Fsp3) is 0.500. The van der Waals surface area contributed by atoms with Crippen molar-refractivity contribution in [3.63, 3.8) is 0 Å². The van der Waals surface area contributed by atoms with Gasteiger partial charge >= 0.3 is 0 Å². The Bertz CT molecular complexity index is 691. The second-order valence-electron chi connectivity index (χ2n) is 7.18. The minimum atomic E-state index is 0.577. The van der Waals surface area contributed by atoms with Crippen molar-refractivity contribution in [3.8, 4) is 5.75 Å². The van der Waals surface area contributed by atoms with Crippen LogP contribution in [0.2, 0.25) is 0 Å². The van der Waals surface area contributed by atoms with Crippen LogP contribution < -0.4 is 10.1 Å². The number of rotatable bonds is 3. The normalized spacial score (nSPS) is 21.1. The van der Waals surface area contributed by atoms with Crippen molar-refractivity contribution in [3.05, 3.63) is 42.0 Å². The van der Waals surface area contributed by atoms with Gasteiger partial charge < -0.3 is 10.1 Å². The first-order valence-corrected chi connectivity index (χ1v) is 8.77. The SMILES string of the molecule is COc1ccc(CN2CCC3(CCNCC3)C2)c2ccccc12. The first-order valence-electron chi connectivity index (χ1n) is 8.77. The van der Waals surface area contributed by atoms with Crippen molar-refractivity contribution in [1.82, 2.24) is 10.2 Å². The predicted octanol–water partition coefficient (Wildman–Crippen LogP) is 3.42. The molecule has 0 unspecified atom stereocenters. The molecule has 2 aromatic rings. The van der Waals surface area contributed by atoms with Crippen LogP contribution in [0, 0.1) is 5.41 Å². The average molecular weight is 310 g/mol. The van der Waals surface area contributed by atoms with E-state index in [4.69, 9.17) is 4.74 Å². The highest BCUT2D eigenvalue weighted by molar-refractivity contribution is 5.91. The molecule has 0 amide bonds. The van der Waals surface area contributed by atoms with Crippen LogP contribution in [0.25, 0.3) is 10.8 Å². The summed E-state index contributed by atoms with van der Waals surface area (Å²) in [6.07, 6.45) is 4.04. The van der Waals surface area contributed by atoms with Gasteiger partial charge in [0.15, 0.2) is 0 Å². The van der Waals surface area contributed by atoms with E-state index in [1.54, 1.807) is 7.11 Å². The number of methoxy groups -OCH3 is 1. The number of nitrogens with zero attached hydrogens (tertiary/aromatic N) is 1. The molecule has 0 radical (unpaired) electrons. The molecule has 2 heterocycles. The van der Waals surface area contributed by atoms with E-state index < -0.39 is 0 Å². The van der Waals surface area contributed by atoms with Gasteiger partial charge in [0.1, 0.15) is 5.75 Å². The summed E-state index contributed by atoms with van der Waals surface area (Å²) in [5.74, 6) is 0.973. The number of fused-ring (bicyclic) bond motifs is 1. The number of benzene rings is 2. The Labute approximate surface area is 138 Å². The molecule has 0 aromatic heterocycles. The summed E-state index contributed by atoms with van der Waals surface area (Å²) in [6, 6.07) is 13.0. The maximum absolute atomic E-state index is 5.52. The molecule has 2 saturated heterocycles. The molecule has 1 N–H and O–H groups in total. The molecule has 2 fully saturated rings. The minimum absolute atomic E-state index is 0.577. The molecule has 2 aliphatic heterocycles. The second-order valence-corrected chi connectivity index (χ2v) is 7.18. The van der Waals surface area contributed by atoms with Gasteiger partial charge in [0.05, 0.1) is 7.11 Å². The van der Waals surface area contributed by atoms with Crippen LogP contribution in [0.4, 0.5) is 0 Å². The van der Waals surface area contributed by atoms with Crippen molar-refractivity contribution >= 4 is 10.8 Å². The van der Waals surface area contributed by atoms with Crippen molar-refractivity contribution in [2.75, 3.05) is 33.3 Å². The molecule has 3 heteroatoms. The van der Waals surface area contributed by atoms with Crippen LogP contribution >= 0.6 is 0 Å². The zero-order valence-corrected chi connectivity index (χ0v) is 14.0. The highest BCUT2D eigenvalue weighted by Crippen LogP contribution is 2.39. The third-order valence-electron chi connectivity index (χ3n) is 5.77. The van der Waals surface area contributed by atoms with Gasteiger partial charge in [-0.2, -0.15) is 0 Å². The third-order valence-corrected chi connectivity index (χ3v) is 5.77. The summed E-state index contributed by atoms with van der Waals surface area (Å²) in [4.78, 5) is 2.65. The van der Waals surface area contributed by atoms with Crippen molar-refractivity contribution in [2.45, 2.75) is 25.8 Å². The minimum Gasteiger partial charge on any atom is -0.496 e. The molecule has 23 heavy (non-hydrogen) atoms. The quantitative estimate of drug-likeness (QED) is 0.940. The van der Waals surface area contributed by atoms with E-state index in [1.165, 1.54) is 61.8 Å². The van der Waals surface area contributed by atoms with E-state index in [2.05, 4.69) is 46.6 Å². The van der Waals surface area contributed by atoms with Gasteiger partial charge in [-0.3, -0.25) is 4.90 Å². The molecular formula is C20H26N2O. The number of hydrogen-bond acceptors (Lipinski definition) is 3. The molecule has 0 atom stereocenters. The predicted molar refractivity (Wildman–Crippen MR) is 94.9 cm³/mol. The van der Waals surface area contributed by atoms with E-state index in [0.29, 0.717) is 5.41 Å². The van der Waals surface area contributed by atoms with Crippen LogP contribution in [-0.4, -0.2) is 38.2 Å². The first kappa shape index (κ1) is 15.0. The van der Waals surface area contributed by atoms with Gasteiger partial charge in [0.25, 0.3) is 0 Å². The lowest BCUT2D eigenvalue weighted by Crippen LogP contribution is -2.38. The lowest BCUT2D eigenvalue weighted by Gasteiger charge is -2.34. The Balaban J connectivity index is 1.57. The highest BCUT2D eigenvalue weighted by atomic mass is 16.5. The fourth-order valence-corrected chi connectivity index (χ4v) is 4.42. The lowest BCUT2D eigenvalue weighted by molar-refractivity contribution is 0.194. The summed E-state index contributed by atoms with van der Waals surface area (Å²) in [5.41, 5.74) is 2.00. The Hall–Kier alpha value is -1.58. The monoisotopic (exact) mass is 310 g/mol. The average Bonchev–Trinajstić information content (AvgIpc) is 2.98. The molecule has 122 valence electrons. The number of ether oxygens (including phenoxy) is 1. The molecule has 0 aliphatic carbocycles. The summed E-state index contributed by atoms with van der Waals surface area (Å²) in [6.45, 7) is 5.94. The smallest absolute Gasteiger partial charge is 0.126 e. The van der Waals surface area contributed by atoms with Gasteiger partial charge in [-0.25, -0.2) is 0 Å². The van der Waals surface area contributed by atoms with Gasteiger partial charge in [-0.05, 0) is 61.3 Å². The number of piperidine rings is 1. The maximum Gasteiger partial charge on any atom is 0.126 e. The first-order chi connectivity index (χ1) is 11.3. The molecule has 3 nitrogen and oxygen atoms in total. The zero-order chi connectivity index (χ0) is 15.7. The zero-order valence-electron chi connectivity index (χ0n) is 14.0. The standard InChI is InChI=1S/C20H26N2O/c1-23-19-7-6-16(17-4-2-3-5-18(17)19)14-22-13-10-20(15-22)8-11-21-12-9-20/h2-7,21H,8-15H2,1H3. The topological polar surface area (TPSA) is 24.5 Å². The maximum atomic E-state index is 5.52. The fourth-order valence-electron chi connectivity index (χ4n) is 4.42. The molecular weight excluding hydrogens is 284 g/mol. The van der Waals surface area contributed by atoms with Crippen molar-refractivity contribution in [2.24, 2.45) is 5.41 Å². The molecule has 2 aromatic carbocycles. The van der Waals surface area contributed by atoms with Crippen LogP contribution in [0.5, 0.6) is 5.75 Å². The van der Waals surface area contributed by atoms with Crippen LogP contribution in [0.15, 0.2) is 36.4 Å². The van der Waals surface area contributed by atoms with Gasteiger partial charge in [0.2, 0.25) is 0 Å². The Kier molecular flexibility index (Phi) is 4.00. The molecule has 0 saturated carbocycles. The Morgan fingerprint density at radius 3 is 2.61 bits per heavy atom. The third kappa shape index (κ3) is 2.84. The number of likely N-dealkylation sites (tertiary alicyclic amines) is 1. The summed E-state index contributed by atoms with van der Waals surface area (Å²) in [7, 11) is 1.75. The molecule has 0 bridgehead atoms.